The first-order valence-corrected chi connectivity index (χ1v) is 6.85. The number of hydrogen-bond donors (Lipinski definition) is 3. The van der Waals surface area contributed by atoms with Crippen LogP contribution >= 0.6 is 11.6 Å². The van der Waals surface area contributed by atoms with E-state index in [4.69, 9.17) is 17.3 Å². The second kappa shape index (κ2) is 5.26. The van der Waals surface area contributed by atoms with Gasteiger partial charge in [-0.3, -0.25) is 4.79 Å². The molecule has 4 N–H and O–H groups in total. The summed E-state index contributed by atoms with van der Waals surface area (Å²) >= 11 is 5.99. The second-order valence-corrected chi connectivity index (χ2v) is 5.30. The van der Waals surface area contributed by atoms with E-state index in [0.29, 0.717) is 29.9 Å². The number of amides is 1. The summed E-state index contributed by atoms with van der Waals surface area (Å²) in [5.74, 6) is -0.422. The minimum Gasteiger partial charge on any atom is -0.397 e. The molecule has 0 saturated heterocycles. The van der Waals surface area contributed by atoms with E-state index < -0.39 is 5.82 Å². The van der Waals surface area contributed by atoms with Crippen LogP contribution in [0.25, 0.3) is 0 Å². The van der Waals surface area contributed by atoms with Gasteiger partial charge in [0.15, 0.2) is 0 Å². The van der Waals surface area contributed by atoms with E-state index in [9.17, 15) is 9.18 Å². The Morgan fingerprint density at radius 1 is 1.19 bits per heavy atom. The number of halogens is 2. The maximum Gasteiger partial charge on any atom is 0.224 e. The van der Waals surface area contributed by atoms with E-state index in [1.165, 1.54) is 18.2 Å². The maximum atomic E-state index is 13.0. The molecule has 3 rings (SSSR count). The van der Waals surface area contributed by atoms with Gasteiger partial charge in [-0.15, -0.1) is 0 Å². The summed E-state index contributed by atoms with van der Waals surface area (Å²) in [4.78, 5) is 11.4. The predicted molar refractivity (Wildman–Crippen MR) is 82.5 cm³/mol. The van der Waals surface area contributed by atoms with Gasteiger partial charge in [0, 0.05) is 12.1 Å². The summed E-state index contributed by atoms with van der Waals surface area (Å²) in [6.07, 6.45) is 1.13. The third-order valence-electron chi connectivity index (χ3n) is 3.37. The van der Waals surface area contributed by atoms with E-state index >= 15 is 0 Å². The number of nitrogens with two attached hydrogens (primary N) is 1. The molecule has 0 aromatic heterocycles. The van der Waals surface area contributed by atoms with Gasteiger partial charge in [-0.1, -0.05) is 11.6 Å². The fourth-order valence-corrected chi connectivity index (χ4v) is 2.51. The molecule has 1 aliphatic rings. The number of rotatable bonds is 2. The van der Waals surface area contributed by atoms with Crippen LogP contribution < -0.4 is 16.4 Å². The lowest BCUT2D eigenvalue weighted by molar-refractivity contribution is -0.116. The molecule has 1 heterocycles. The highest BCUT2D eigenvalue weighted by Crippen LogP contribution is 2.34. The molecule has 2 aromatic rings. The first kappa shape index (κ1) is 13.7. The Kier molecular flexibility index (Phi) is 3.43. The fourth-order valence-electron chi connectivity index (χ4n) is 2.29. The van der Waals surface area contributed by atoms with Gasteiger partial charge in [-0.05, 0) is 42.3 Å². The van der Waals surface area contributed by atoms with Crippen LogP contribution in [-0.4, -0.2) is 5.91 Å². The van der Waals surface area contributed by atoms with Crippen LogP contribution in [0.2, 0.25) is 5.02 Å². The zero-order valence-electron chi connectivity index (χ0n) is 11.0. The molecule has 1 amide bonds. The standard InChI is InChI=1S/C15H13ClFN3O/c16-10-6-9(17)2-3-12(10)19-14-7-13-8(5-11(14)18)1-4-15(21)20-13/h2-3,5-7,19H,1,4,18H2,(H,20,21). The van der Waals surface area contributed by atoms with E-state index in [1.807, 2.05) is 6.07 Å². The molecule has 108 valence electrons. The molecular formula is C15H13ClFN3O. The fraction of sp³-hybridized carbons (Fsp3) is 0.133. The van der Waals surface area contributed by atoms with E-state index in [1.54, 1.807) is 6.07 Å². The van der Waals surface area contributed by atoms with Crippen molar-refractivity contribution in [1.29, 1.82) is 0 Å². The highest BCUT2D eigenvalue weighted by atomic mass is 35.5. The Morgan fingerprint density at radius 2 is 2.00 bits per heavy atom. The highest BCUT2D eigenvalue weighted by molar-refractivity contribution is 6.33. The zero-order valence-corrected chi connectivity index (χ0v) is 11.8. The summed E-state index contributed by atoms with van der Waals surface area (Å²) in [6.45, 7) is 0. The van der Waals surface area contributed by atoms with Crippen molar-refractivity contribution in [3.8, 4) is 0 Å². The first-order chi connectivity index (χ1) is 10.0. The average molecular weight is 306 g/mol. The van der Waals surface area contributed by atoms with Crippen molar-refractivity contribution in [3.63, 3.8) is 0 Å². The Morgan fingerprint density at radius 3 is 2.76 bits per heavy atom. The molecule has 4 nitrogen and oxygen atoms in total. The van der Waals surface area contributed by atoms with Crippen molar-refractivity contribution in [2.24, 2.45) is 0 Å². The number of carbonyl (C=O) groups is 1. The molecule has 0 saturated carbocycles. The topological polar surface area (TPSA) is 67.2 Å². The van der Waals surface area contributed by atoms with Crippen LogP contribution in [0.15, 0.2) is 30.3 Å². The van der Waals surface area contributed by atoms with E-state index in [-0.39, 0.29) is 10.9 Å². The summed E-state index contributed by atoms with van der Waals surface area (Å²) in [5, 5.41) is 6.13. The van der Waals surface area contributed by atoms with E-state index in [2.05, 4.69) is 10.6 Å². The smallest absolute Gasteiger partial charge is 0.224 e. The summed E-state index contributed by atoms with van der Waals surface area (Å²) in [7, 11) is 0. The van der Waals surface area contributed by atoms with Crippen LogP contribution in [0.1, 0.15) is 12.0 Å². The van der Waals surface area contributed by atoms with Crippen molar-refractivity contribution in [1.82, 2.24) is 0 Å². The number of anilines is 4. The SMILES string of the molecule is Nc1cc2c(cc1Nc1ccc(F)cc1Cl)NC(=O)CC2. The van der Waals surface area contributed by atoms with Crippen LogP contribution in [0, 0.1) is 5.82 Å². The number of hydrogen-bond acceptors (Lipinski definition) is 3. The summed E-state index contributed by atoms with van der Waals surface area (Å²) in [6, 6.07) is 7.66. The molecule has 0 fully saturated rings. The number of nitrogen functional groups attached to an aromatic ring is 1. The quantitative estimate of drug-likeness (QED) is 0.741. The lowest BCUT2D eigenvalue weighted by Crippen LogP contribution is -2.19. The maximum absolute atomic E-state index is 13.0. The Hall–Kier alpha value is -2.27. The van der Waals surface area contributed by atoms with Crippen molar-refractivity contribution in [3.05, 3.63) is 46.7 Å². The second-order valence-electron chi connectivity index (χ2n) is 4.89. The molecule has 6 heteroatoms. The largest absolute Gasteiger partial charge is 0.397 e. The lowest BCUT2D eigenvalue weighted by Gasteiger charge is -2.20. The molecule has 0 unspecified atom stereocenters. The molecule has 21 heavy (non-hydrogen) atoms. The molecule has 1 aliphatic heterocycles. The minimum atomic E-state index is -0.406. The molecular weight excluding hydrogens is 293 g/mol. The Bertz CT molecular complexity index is 733. The van der Waals surface area contributed by atoms with Crippen molar-refractivity contribution >= 4 is 40.3 Å². The van der Waals surface area contributed by atoms with Gasteiger partial charge < -0.3 is 16.4 Å². The predicted octanol–water partition coefficient (Wildman–Crippen LogP) is 3.69. The number of benzene rings is 2. The van der Waals surface area contributed by atoms with Crippen LogP contribution in [-0.2, 0) is 11.2 Å². The minimum absolute atomic E-state index is 0.0157. The molecule has 0 atom stereocenters. The van der Waals surface area contributed by atoms with E-state index in [0.717, 1.165) is 11.3 Å². The molecule has 0 radical (unpaired) electrons. The van der Waals surface area contributed by atoms with Gasteiger partial charge in [0.2, 0.25) is 5.91 Å². The number of nitrogens with one attached hydrogen (secondary N) is 2. The number of fused-ring (bicyclic) bond motifs is 1. The van der Waals surface area contributed by atoms with Gasteiger partial charge in [0.05, 0.1) is 22.1 Å². The summed E-state index contributed by atoms with van der Waals surface area (Å²) < 4.78 is 13.0. The van der Waals surface area contributed by atoms with Gasteiger partial charge >= 0.3 is 0 Å². The third kappa shape index (κ3) is 2.78. The normalized spacial score (nSPS) is 13.5. The zero-order chi connectivity index (χ0) is 15.0. The molecule has 0 aliphatic carbocycles. The Labute approximate surface area is 126 Å². The average Bonchev–Trinajstić information content (AvgIpc) is 2.43. The number of aryl methyl sites for hydroxylation is 1. The molecule has 2 aromatic carbocycles. The van der Waals surface area contributed by atoms with Crippen molar-refractivity contribution in [2.75, 3.05) is 16.4 Å². The van der Waals surface area contributed by atoms with Gasteiger partial charge in [0.1, 0.15) is 5.82 Å². The first-order valence-electron chi connectivity index (χ1n) is 6.47. The lowest BCUT2D eigenvalue weighted by atomic mass is 10.0. The number of carbonyl (C=O) groups excluding carboxylic acids is 1. The van der Waals surface area contributed by atoms with Gasteiger partial charge in [-0.2, -0.15) is 0 Å². The van der Waals surface area contributed by atoms with Crippen LogP contribution in [0.5, 0.6) is 0 Å². The van der Waals surface area contributed by atoms with Crippen molar-refractivity contribution in [2.45, 2.75) is 12.8 Å². The van der Waals surface area contributed by atoms with Crippen LogP contribution in [0.4, 0.5) is 27.1 Å². The molecule has 0 bridgehead atoms. The highest BCUT2D eigenvalue weighted by Gasteiger charge is 2.17. The Balaban J connectivity index is 1.95. The van der Waals surface area contributed by atoms with Crippen LogP contribution in [0.3, 0.4) is 0 Å². The monoisotopic (exact) mass is 305 g/mol. The van der Waals surface area contributed by atoms with Crippen molar-refractivity contribution < 1.29 is 9.18 Å². The van der Waals surface area contributed by atoms with Gasteiger partial charge in [0.25, 0.3) is 0 Å². The molecule has 0 spiro atoms. The van der Waals surface area contributed by atoms with Gasteiger partial charge in [-0.25, -0.2) is 4.39 Å². The third-order valence-corrected chi connectivity index (χ3v) is 3.68. The summed E-state index contributed by atoms with van der Waals surface area (Å²) in [5.41, 5.74) is 9.46.